The van der Waals surface area contributed by atoms with Crippen LogP contribution in [-0.4, -0.2) is 36.6 Å². The molecule has 1 aromatic rings. The highest BCUT2D eigenvalue weighted by Crippen LogP contribution is 2.19. The number of nitrogens with zero attached hydrogens (tertiary/aromatic N) is 1. The second kappa shape index (κ2) is 4.59. The van der Waals surface area contributed by atoms with Crippen molar-refractivity contribution in [1.29, 1.82) is 0 Å². The summed E-state index contributed by atoms with van der Waals surface area (Å²) in [6.45, 7) is -0.142. The number of carbonyl (C=O) groups is 2. The smallest absolute Gasteiger partial charge is 0.410 e. The third-order valence-electron chi connectivity index (χ3n) is 2.63. The summed E-state index contributed by atoms with van der Waals surface area (Å²) in [5, 5.41) is 2.11. The highest BCUT2D eigenvalue weighted by molar-refractivity contribution is 5.97. The minimum Gasteiger partial charge on any atom is -0.447 e. The summed E-state index contributed by atoms with van der Waals surface area (Å²) >= 11 is 0. The van der Waals surface area contributed by atoms with Crippen LogP contribution in [0.25, 0.3) is 0 Å². The summed E-state index contributed by atoms with van der Waals surface area (Å²) in [5.41, 5.74) is -0.532. The molecular formula is C11H10F2N2O3. The SMILES string of the molecule is CN1C(=O)OCC1C(=O)Nc1c(F)cccc1F. The van der Waals surface area contributed by atoms with Gasteiger partial charge in [0.05, 0.1) is 0 Å². The molecule has 1 aliphatic heterocycles. The van der Waals surface area contributed by atoms with Crippen LogP contribution in [-0.2, 0) is 9.53 Å². The first-order valence-corrected chi connectivity index (χ1v) is 5.15. The maximum atomic E-state index is 13.3. The van der Waals surface area contributed by atoms with Crippen molar-refractivity contribution in [1.82, 2.24) is 4.90 Å². The van der Waals surface area contributed by atoms with E-state index in [4.69, 9.17) is 0 Å². The van der Waals surface area contributed by atoms with E-state index >= 15 is 0 Å². The van der Waals surface area contributed by atoms with Gasteiger partial charge in [0.25, 0.3) is 5.91 Å². The summed E-state index contributed by atoms with van der Waals surface area (Å²) in [7, 11) is 1.37. The summed E-state index contributed by atoms with van der Waals surface area (Å²) in [6, 6.07) is 2.35. The normalized spacial score (nSPS) is 18.7. The summed E-state index contributed by atoms with van der Waals surface area (Å²) in [6.07, 6.45) is -0.649. The Morgan fingerprint density at radius 3 is 2.56 bits per heavy atom. The van der Waals surface area contributed by atoms with Crippen LogP contribution in [0.15, 0.2) is 18.2 Å². The van der Waals surface area contributed by atoms with Gasteiger partial charge in [-0.1, -0.05) is 6.07 Å². The maximum Gasteiger partial charge on any atom is 0.410 e. The van der Waals surface area contributed by atoms with Crippen molar-refractivity contribution in [3.05, 3.63) is 29.8 Å². The van der Waals surface area contributed by atoms with Crippen LogP contribution in [0.5, 0.6) is 0 Å². The van der Waals surface area contributed by atoms with E-state index in [1.807, 2.05) is 0 Å². The van der Waals surface area contributed by atoms with Crippen molar-refractivity contribution in [3.8, 4) is 0 Å². The average molecular weight is 256 g/mol. The van der Waals surface area contributed by atoms with Crippen molar-refractivity contribution in [3.63, 3.8) is 0 Å². The van der Waals surface area contributed by atoms with Gasteiger partial charge in [-0.05, 0) is 12.1 Å². The van der Waals surface area contributed by atoms with Crippen LogP contribution in [0.1, 0.15) is 0 Å². The van der Waals surface area contributed by atoms with Gasteiger partial charge in [0.1, 0.15) is 30.0 Å². The number of nitrogens with one attached hydrogen (secondary N) is 1. The average Bonchev–Trinajstić information content (AvgIpc) is 2.65. The molecule has 0 spiro atoms. The van der Waals surface area contributed by atoms with Crippen LogP contribution in [0.4, 0.5) is 19.3 Å². The number of anilines is 1. The first kappa shape index (κ1) is 12.3. The molecule has 7 heteroatoms. The molecule has 0 saturated carbocycles. The molecule has 96 valence electrons. The Kier molecular flexibility index (Phi) is 3.14. The van der Waals surface area contributed by atoms with E-state index in [2.05, 4.69) is 10.1 Å². The van der Waals surface area contributed by atoms with E-state index in [0.29, 0.717) is 0 Å². The highest BCUT2D eigenvalue weighted by Gasteiger charge is 2.35. The van der Waals surface area contributed by atoms with E-state index in [-0.39, 0.29) is 6.61 Å². The minimum atomic E-state index is -0.892. The molecule has 1 aliphatic rings. The van der Waals surface area contributed by atoms with E-state index in [1.165, 1.54) is 13.1 Å². The fraction of sp³-hybridized carbons (Fsp3) is 0.273. The lowest BCUT2D eigenvalue weighted by molar-refractivity contribution is -0.119. The Hall–Kier alpha value is -2.18. The molecule has 2 amide bonds. The third-order valence-corrected chi connectivity index (χ3v) is 2.63. The predicted octanol–water partition coefficient (Wildman–Crippen LogP) is 1.35. The number of halogens is 2. The molecule has 0 radical (unpaired) electrons. The molecule has 0 bridgehead atoms. The van der Waals surface area contributed by atoms with Gasteiger partial charge >= 0.3 is 6.09 Å². The molecule has 5 nitrogen and oxygen atoms in total. The molecule has 1 heterocycles. The zero-order valence-corrected chi connectivity index (χ0v) is 9.44. The van der Waals surface area contributed by atoms with Crippen LogP contribution in [0, 0.1) is 11.6 Å². The number of ether oxygens (including phenoxy) is 1. The Morgan fingerprint density at radius 2 is 2.06 bits per heavy atom. The maximum absolute atomic E-state index is 13.3. The summed E-state index contributed by atoms with van der Waals surface area (Å²) in [4.78, 5) is 23.9. The van der Waals surface area contributed by atoms with Gasteiger partial charge in [0.15, 0.2) is 0 Å². The van der Waals surface area contributed by atoms with Gasteiger partial charge in [-0.25, -0.2) is 13.6 Å². The van der Waals surface area contributed by atoms with Crippen LogP contribution >= 0.6 is 0 Å². The van der Waals surface area contributed by atoms with Gasteiger partial charge in [-0.3, -0.25) is 9.69 Å². The molecule has 1 aromatic carbocycles. The number of hydrogen-bond donors (Lipinski definition) is 1. The molecule has 0 aromatic heterocycles. The highest BCUT2D eigenvalue weighted by atomic mass is 19.1. The third kappa shape index (κ3) is 2.11. The van der Waals surface area contributed by atoms with E-state index in [9.17, 15) is 18.4 Å². The first-order valence-electron chi connectivity index (χ1n) is 5.15. The van der Waals surface area contributed by atoms with Crippen LogP contribution in [0.2, 0.25) is 0 Å². The fourth-order valence-corrected chi connectivity index (χ4v) is 1.57. The summed E-state index contributed by atoms with van der Waals surface area (Å²) < 4.78 is 31.2. The van der Waals surface area contributed by atoms with Gasteiger partial charge < -0.3 is 10.1 Å². The van der Waals surface area contributed by atoms with Crippen molar-refractivity contribution in [2.45, 2.75) is 6.04 Å². The Morgan fingerprint density at radius 1 is 1.44 bits per heavy atom. The van der Waals surface area contributed by atoms with Crippen LogP contribution in [0.3, 0.4) is 0 Å². The fourth-order valence-electron chi connectivity index (χ4n) is 1.57. The Bertz CT molecular complexity index is 487. The number of amides is 2. The Balaban J connectivity index is 2.15. The predicted molar refractivity (Wildman–Crippen MR) is 57.9 cm³/mol. The number of carbonyl (C=O) groups excluding carboxylic acids is 2. The number of cyclic esters (lactones) is 1. The van der Waals surface area contributed by atoms with Gasteiger partial charge in [0, 0.05) is 7.05 Å². The number of likely N-dealkylation sites (N-methyl/N-ethyl adjacent to an activating group) is 1. The molecule has 2 rings (SSSR count). The molecule has 1 unspecified atom stereocenters. The molecule has 1 saturated heterocycles. The monoisotopic (exact) mass is 256 g/mol. The topological polar surface area (TPSA) is 58.6 Å². The van der Waals surface area contributed by atoms with Crippen molar-refractivity contribution >= 4 is 17.7 Å². The first-order chi connectivity index (χ1) is 8.50. The molecule has 1 fully saturated rings. The standard InChI is InChI=1S/C11H10F2N2O3/c1-15-8(5-18-11(15)17)10(16)14-9-6(12)3-2-4-7(9)13/h2-4,8H,5H2,1H3,(H,14,16). The van der Waals surface area contributed by atoms with E-state index < -0.39 is 35.4 Å². The number of hydrogen-bond acceptors (Lipinski definition) is 3. The van der Waals surface area contributed by atoms with E-state index in [0.717, 1.165) is 17.0 Å². The second-order valence-electron chi connectivity index (χ2n) is 3.79. The van der Waals surface area contributed by atoms with E-state index in [1.54, 1.807) is 0 Å². The lowest BCUT2D eigenvalue weighted by Gasteiger charge is -2.16. The van der Waals surface area contributed by atoms with Gasteiger partial charge in [0.2, 0.25) is 0 Å². The zero-order valence-electron chi connectivity index (χ0n) is 9.44. The molecule has 1 N–H and O–H groups in total. The zero-order chi connectivity index (χ0) is 13.3. The van der Waals surface area contributed by atoms with Crippen LogP contribution < -0.4 is 5.32 Å². The molecule has 1 atom stereocenters. The van der Waals surface area contributed by atoms with Crippen molar-refractivity contribution in [2.24, 2.45) is 0 Å². The van der Waals surface area contributed by atoms with Gasteiger partial charge in [-0.2, -0.15) is 0 Å². The summed E-state index contributed by atoms with van der Waals surface area (Å²) in [5.74, 6) is -2.46. The lowest BCUT2D eigenvalue weighted by Crippen LogP contribution is -2.40. The largest absolute Gasteiger partial charge is 0.447 e. The molecular weight excluding hydrogens is 246 g/mol. The number of benzene rings is 1. The van der Waals surface area contributed by atoms with Gasteiger partial charge in [-0.15, -0.1) is 0 Å². The van der Waals surface area contributed by atoms with Crippen molar-refractivity contribution in [2.75, 3.05) is 19.0 Å². The lowest BCUT2D eigenvalue weighted by atomic mass is 10.2. The number of para-hydroxylation sites is 1. The minimum absolute atomic E-state index is 0.142. The second-order valence-corrected chi connectivity index (χ2v) is 3.79. The Labute approximate surface area is 101 Å². The number of rotatable bonds is 2. The molecule has 0 aliphatic carbocycles. The quantitative estimate of drug-likeness (QED) is 0.869. The van der Waals surface area contributed by atoms with Crippen molar-refractivity contribution < 1.29 is 23.1 Å². The molecule has 18 heavy (non-hydrogen) atoms.